The predicted molar refractivity (Wildman–Crippen MR) is 50.7 cm³/mol. The van der Waals surface area contributed by atoms with Gasteiger partial charge in [-0.3, -0.25) is 0 Å². The van der Waals surface area contributed by atoms with E-state index in [9.17, 15) is 0 Å². The van der Waals surface area contributed by atoms with Crippen molar-refractivity contribution in [2.45, 2.75) is 38.6 Å². The lowest BCUT2D eigenvalue weighted by Gasteiger charge is -2.10. The molecule has 3 heteroatoms. The van der Waals surface area contributed by atoms with Crippen LogP contribution < -0.4 is 5.32 Å². The van der Waals surface area contributed by atoms with Crippen LogP contribution in [-0.2, 0) is 6.42 Å². The van der Waals surface area contributed by atoms with E-state index in [4.69, 9.17) is 4.42 Å². The molecule has 1 aromatic rings. The van der Waals surface area contributed by atoms with E-state index in [0.717, 1.165) is 23.8 Å². The summed E-state index contributed by atoms with van der Waals surface area (Å²) in [5.41, 5.74) is 1.31. The molecule has 1 aromatic heterocycles. The summed E-state index contributed by atoms with van der Waals surface area (Å²) in [5, 5.41) is 3.33. The zero-order valence-electron chi connectivity index (χ0n) is 8.48. The Labute approximate surface area is 78.5 Å². The van der Waals surface area contributed by atoms with Gasteiger partial charge in [0.25, 0.3) is 0 Å². The molecule has 2 rings (SSSR count). The highest BCUT2D eigenvalue weighted by Crippen LogP contribution is 2.38. The second-order valence-electron chi connectivity index (χ2n) is 3.96. The van der Waals surface area contributed by atoms with Crippen LogP contribution in [0.2, 0.25) is 0 Å². The number of hydrogen-bond acceptors (Lipinski definition) is 3. The molecule has 3 nitrogen and oxygen atoms in total. The minimum atomic E-state index is 0.295. The Morgan fingerprint density at radius 2 is 2.15 bits per heavy atom. The van der Waals surface area contributed by atoms with Crippen molar-refractivity contribution < 1.29 is 4.42 Å². The molecule has 0 spiro atoms. The number of rotatable bonds is 3. The van der Waals surface area contributed by atoms with Crippen molar-refractivity contribution in [2.24, 2.45) is 0 Å². The lowest BCUT2D eigenvalue weighted by molar-refractivity contribution is 0.423. The fraction of sp³-hybridized carbons (Fsp3) is 0.700. The lowest BCUT2D eigenvalue weighted by atomic mass is 10.2. The fourth-order valence-corrected chi connectivity index (χ4v) is 1.57. The van der Waals surface area contributed by atoms with Crippen molar-refractivity contribution >= 4 is 0 Å². The summed E-state index contributed by atoms with van der Waals surface area (Å²) in [6, 6.07) is 0. The van der Waals surface area contributed by atoms with Crippen LogP contribution in [0.15, 0.2) is 4.42 Å². The zero-order valence-corrected chi connectivity index (χ0v) is 8.48. The molecular weight excluding hydrogens is 164 g/mol. The monoisotopic (exact) mass is 180 g/mol. The molecule has 0 aliphatic heterocycles. The van der Waals surface area contributed by atoms with E-state index in [2.05, 4.69) is 10.3 Å². The molecule has 0 bridgehead atoms. The first-order chi connectivity index (χ1) is 6.15. The van der Waals surface area contributed by atoms with Crippen molar-refractivity contribution in [3.05, 3.63) is 17.3 Å². The fourth-order valence-electron chi connectivity index (χ4n) is 1.57. The molecule has 0 radical (unpaired) electrons. The summed E-state index contributed by atoms with van der Waals surface area (Å²) >= 11 is 0. The molecule has 1 aliphatic rings. The number of aromatic nitrogens is 1. The van der Waals surface area contributed by atoms with Gasteiger partial charge in [0, 0.05) is 12.0 Å². The van der Waals surface area contributed by atoms with E-state index in [1.165, 1.54) is 12.8 Å². The van der Waals surface area contributed by atoms with Gasteiger partial charge in [0.1, 0.15) is 5.76 Å². The lowest BCUT2D eigenvalue weighted by Crippen LogP contribution is -2.29. The van der Waals surface area contributed by atoms with Crippen LogP contribution in [0.3, 0.4) is 0 Å². The maximum absolute atomic E-state index is 5.54. The third-order valence-corrected chi connectivity index (χ3v) is 2.95. The van der Waals surface area contributed by atoms with Gasteiger partial charge in [-0.05, 0) is 33.7 Å². The molecular formula is C10H16N2O. The van der Waals surface area contributed by atoms with Crippen molar-refractivity contribution in [3.8, 4) is 0 Å². The van der Waals surface area contributed by atoms with Crippen LogP contribution in [0.1, 0.15) is 30.2 Å². The second-order valence-corrected chi connectivity index (χ2v) is 3.96. The summed E-state index contributed by atoms with van der Waals surface area (Å²) in [5.74, 6) is 1.82. The van der Waals surface area contributed by atoms with Crippen molar-refractivity contribution in [1.29, 1.82) is 0 Å². The summed E-state index contributed by atoms with van der Waals surface area (Å²) in [6.07, 6.45) is 3.41. The van der Waals surface area contributed by atoms with Crippen LogP contribution in [0.4, 0.5) is 0 Å². The maximum Gasteiger partial charge on any atom is 0.196 e. The number of nitrogens with zero attached hydrogens (tertiary/aromatic N) is 1. The van der Waals surface area contributed by atoms with Gasteiger partial charge in [-0.15, -0.1) is 0 Å². The molecule has 13 heavy (non-hydrogen) atoms. The molecule has 1 fully saturated rings. The number of likely N-dealkylation sites (N-methyl/N-ethyl adjacent to an activating group) is 1. The van der Waals surface area contributed by atoms with Crippen LogP contribution in [0.5, 0.6) is 0 Å². The van der Waals surface area contributed by atoms with Gasteiger partial charge in [-0.25, -0.2) is 4.98 Å². The van der Waals surface area contributed by atoms with E-state index in [1.807, 2.05) is 20.9 Å². The SMILES string of the molecule is CNC1(Cc2nc(C)c(C)o2)CC1. The third kappa shape index (κ3) is 1.61. The first kappa shape index (κ1) is 8.75. The van der Waals surface area contributed by atoms with Crippen LogP contribution in [0.25, 0.3) is 0 Å². The maximum atomic E-state index is 5.54. The summed E-state index contributed by atoms with van der Waals surface area (Å²) < 4.78 is 5.54. The Balaban J connectivity index is 2.10. The Bertz CT molecular complexity index is 293. The number of hydrogen-bond donors (Lipinski definition) is 1. The van der Waals surface area contributed by atoms with E-state index in [1.54, 1.807) is 0 Å². The number of aryl methyl sites for hydroxylation is 2. The van der Waals surface area contributed by atoms with Crippen molar-refractivity contribution in [2.75, 3.05) is 7.05 Å². The zero-order chi connectivity index (χ0) is 9.47. The minimum absolute atomic E-state index is 0.295. The van der Waals surface area contributed by atoms with Crippen LogP contribution >= 0.6 is 0 Å². The van der Waals surface area contributed by atoms with Crippen molar-refractivity contribution in [1.82, 2.24) is 10.3 Å². The average molecular weight is 180 g/mol. The highest BCUT2D eigenvalue weighted by atomic mass is 16.4. The quantitative estimate of drug-likeness (QED) is 0.767. The topological polar surface area (TPSA) is 38.1 Å². The molecule has 0 saturated heterocycles. The first-order valence-electron chi connectivity index (χ1n) is 4.77. The standard InChI is InChI=1S/C10H16N2O/c1-7-8(2)13-9(12-7)6-10(11-3)4-5-10/h11H,4-6H2,1-3H3. The smallest absolute Gasteiger partial charge is 0.196 e. The second kappa shape index (κ2) is 2.84. The molecule has 0 atom stereocenters. The first-order valence-corrected chi connectivity index (χ1v) is 4.77. The molecule has 0 aromatic carbocycles. The van der Waals surface area contributed by atoms with E-state index in [0.29, 0.717) is 5.54 Å². The van der Waals surface area contributed by atoms with E-state index in [-0.39, 0.29) is 0 Å². The average Bonchev–Trinajstić information content (AvgIpc) is 2.78. The molecule has 0 unspecified atom stereocenters. The highest BCUT2D eigenvalue weighted by Gasteiger charge is 2.42. The Kier molecular flexibility index (Phi) is 1.91. The number of oxazole rings is 1. The predicted octanol–water partition coefficient (Wildman–Crippen LogP) is 1.59. The highest BCUT2D eigenvalue weighted by molar-refractivity contribution is 5.11. The van der Waals surface area contributed by atoms with Gasteiger partial charge < -0.3 is 9.73 Å². The third-order valence-electron chi connectivity index (χ3n) is 2.95. The number of nitrogens with one attached hydrogen (secondary N) is 1. The van der Waals surface area contributed by atoms with E-state index < -0.39 is 0 Å². The van der Waals surface area contributed by atoms with Gasteiger partial charge in [-0.1, -0.05) is 0 Å². The molecule has 1 N–H and O–H groups in total. The normalized spacial score (nSPS) is 19.0. The van der Waals surface area contributed by atoms with E-state index >= 15 is 0 Å². The molecule has 72 valence electrons. The van der Waals surface area contributed by atoms with Crippen LogP contribution in [0, 0.1) is 13.8 Å². The molecule has 0 amide bonds. The van der Waals surface area contributed by atoms with Gasteiger partial charge in [0.05, 0.1) is 5.69 Å². The Morgan fingerprint density at radius 3 is 2.54 bits per heavy atom. The van der Waals surface area contributed by atoms with Gasteiger partial charge in [-0.2, -0.15) is 0 Å². The molecule has 1 saturated carbocycles. The summed E-state index contributed by atoms with van der Waals surface area (Å²) in [6.45, 7) is 3.95. The Morgan fingerprint density at radius 1 is 1.46 bits per heavy atom. The van der Waals surface area contributed by atoms with Crippen LogP contribution in [-0.4, -0.2) is 17.6 Å². The summed E-state index contributed by atoms with van der Waals surface area (Å²) in [7, 11) is 2.01. The largest absolute Gasteiger partial charge is 0.446 e. The van der Waals surface area contributed by atoms with Gasteiger partial charge >= 0.3 is 0 Å². The van der Waals surface area contributed by atoms with Gasteiger partial charge in [0.2, 0.25) is 0 Å². The van der Waals surface area contributed by atoms with Gasteiger partial charge in [0.15, 0.2) is 5.89 Å². The van der Waals surface area contributed by atoms with Crippen molar-refractivity contribution in [3.63, 3.8) is 0 Å². The Hall–Kier alpha value is -0.830. The minimum Gasteiger partial charge on any atom is -0.446 e. The molecule has 1 heterocycles. The summed E-state index contributed by atoms with van der Waals surface area (Å²) in [4.78, 5) is 4.38. The molecule has 1 aliphatic carbocycles.